The number of rotatable bonds is 3. The van der Waals surface area contributed by atoms with Gasteiger partial charge in [0, 0.05) is 12.6 Å². The number of nitrogens with two attached hydrogens (primary N) is 1. The predicted molar refractivity (Wildman–Crippen MR) is 79.1 cm³/mol. The molecule has 0 saturated carbocycles. The van der Waals surface area contributed by atoms with Crippen LogP contribution < -0.4 is 10.6 Å². The number of oxazole rings is 1. The topological polar surface area (TPSA) is 92.6 Å². The van der Waals surface area contributed by atoms with E-state index in [-0.39, 0.29) is 11.7 Å². The van der Waals surface area contributed by atoms with Gasteiger partial charge in [-0.3, -0.25) is 4.79 Å². The zero-order valence-electron chi connectivity index (χ0n) is 12.0. The van der Waals surface area contributed by atoms with Gasteiger partial charge in [-0.1, -0.05) is 6.92 Å². The molecule has 0 radical (unpaired) electrons. The Labute approximate surface area is 122 Å². The van der Waals surface area contributed by atoms with Crippen molar-refractivity contribution in [3.05, 3.63) is 18.2 Å². The number of nitrogens with zero attached hydrogens (tertiary/aromatic N) is 2. The first-order chi connectivity index (χ1) is 10.1. The number of primary amides is 1. The Bertz CT molecular complexity index is 682. The molecular weight excluding hydrogens is 270 g/mol. The molecule has 3 rings (SSSR count). The van der Waals surface area contributed by atoms with Gasteiger partial charge in [0.25, 0.3) is 6.01 Å². The third-order valence-electron chi connectivity index (χ3n) is 4.37. The zero-order chi connectivity index (χ0) is 15.0. The molecule has 1 saturated heterocycles. The van der Waals surface area contributed by atoms with Crippen LogP contribution in [0, 0.1) is 0 Å². The second-order valence-electron chi connectivity index (χ2n) is 5.51. The Kier molecular flexibility index (Phi) is 3.23. The average Bonchev–Trinajstić information content (AvgIpc) is 2.89. The van der Waals surface area contributed by atoms with Crippen molar-refractivity contribution in [3.63, 3.8) is 0 Å². The number of aromatic hydroxyl groups is 1. The molecule has 1 aliphatic rings. The molecule has 3 N–H and O–H groups in total. The molecule has 1 fully saturated rings. The van der Waals surface area contributed by atoms with E-state index >= 15 is 0 Å². The lowest BCUT2D eigenvalue weighted by Gasteiger charge is -2.43. The van der Waals surface area contributed by atoms with Gasteiger partial charge in [-0.15, -0.1) is 0 Å². The van der Waals surface area contributed by atoms with Gasteiger partial charge < -0.3 is 20.2 Å². The fraction of sp³-hybridized carbons (Fsp3) is 0.467. The normalized spacial score (nSPS) is 22.6. The van der Waals surface area contributed by atoms with E-state index in [0.717, 1.165) is 12.8 Å². The summed E-state index contributed by atoms with van der Waals surface area (Å²) in [6.45, 7) is 2.65. The number of hydrogen-bond donors (Lipinski definition) is 2. The number of phenols is 1. The molecule has 2 heterocycles. The van der Waals surface area contributed by atoms with Gasteiger partial charge in [0.15, 0.2) is 5.58 Å². The maximum atomic E-state index is 12.0. The summed E-state index contributed by atoms with van der Waals surface area (Å²) in [5, 5.41) is 9.51. The summed E-state index contributed by atoms with van der Waals surface area (Å²) < 4.78 is 5.74. The predicted octanol–water partition coefficient (Wildman–Crippen LogP) is 2.16. The molecule has 112 valence electrons. The number of fused-ring (bicyclic) bond motifs is 1. The monoisotopic (exact) mass is 289 g/mol. The quantitative estimate of drug-likeness (QED) is 0.903. The summed E-state index contributed by atoms with van der Waals surface area (Å²) >= 11 is 0. The van der Waals surface area contributed by atoms with Gasteiger partial charge in [-0.05, 0) is 37.8 Å². The fourth-order valence-electron chi connectivity index (χ4n) is 3.13. The standard InChI is InChI=1S/C15H19N3O3/c1-2-15(13(16)20)7-3-4-8-18(15)14-17-11-6-5-10(19)9-12(11)21-14/h5-6,9,19H,2-4,7-8H2,1H3,(H2,16,20). The minimum absolute atomic E-state index is 0.125. The number of benzene rings is 1. The number of carbonyl (C=O) groups excluding carboxylic acids is 1. The second-order valence-corrected chi connectivity index (χ2v) is 5.51. The van der Waals surface area contributed by atoms with E-state index < -0.39 is 5.54 Å². The molecule has 6 heteroatoms. The number of piperidine rings is 1. The minimum atomic E-state index is -0.735. The van der Waals surface area contributed by atoms with Crippen molar-refractivity contribution in [1.82, 2.24) is 4.98 Å². The highest BCUT2D eigenvalue weighted by molar-refractivity contribution is 5.88. The van der Waals surface area contributed by atoms with Crippen LogP contribution in [-0.4, -0.2) is 28.1 Å². The molecule has 1 amide bonds. The number of hydrogen-bond acceptors (Lipinski definition) is 5. The minimum Gasteiger partial charge on any atom is -0.508 e. The molecular formula is C15H19N3O3. The van der Waals surface area contributed by atoms with E-state index in [1.54, 1.807) is 12.1 Å². The SMILES string of the molecule is CCC1(C(N)=O)CCCCN1c1nc2ccc(O)cc2o1. The first kappa shape index (κ1) is 13.7. The van der Waals surface area contributed by atoms with E-state index in [4.69, 9.17) is 10.2 Å². The Morgan fingerprint density at radius 2 is 2.33 bits per heavy atom. The fourth-order valence-corrected chi connectivity index (χ4v) is 3.13. The lowest BCUT2D eigenvalue weighted by Crippen LogP contribution is -2.60. The molecule has 6 nitrogen and oxygen atoms in total. The van der Waals surface area contributed by atoms with Crippen LogP contribution in [0.4, 0.5) is 6.01 Å². The number of carbonyl (C=O) groups is 1. The Hall–Kier alpha value is -2.24. The molecule has 0 bridgehead atoms. The average molecular weight is 289 g/mol. The van der Waals surface area contributed by atoms with Gasteiger partial charge >= 0.3 is 0 Å². The summed E-state index contributed by atoms with van der Waals surface area (Å²) in [6.07, 6.45) is 3.27. The zero-order valence-corrected chi connectivity index (χ0v) is 12.0. The lowest BCUT2D eigenvalue weighted by molar-refractivity contribution is -0.124. The lowest BCUT2D eigenvalue weighted by atomic mass is 9.84. The molecule has 1 unspecified atom stereocenters. The Balaban J connectivity index is 2.07. The van der Waals surface area contributed by atoms with Crippen LogP contribution >= 0.6 is 0 Å². The first-order valence-electron chi connectivity index (χ1n) is 7.24. The van der Waals surface area contributed by atoms with Crippen molar-refractivity contribution in [2.75, 3.05) is 11.4 Å². The van der Waals surface area contributed by atoms with Gasteiger partial charge in [0.2, 0.25) is 5.91 Å². The van der Waals surface area contributed by atoms with Crippen molar-refractivity contribution in [2.45, 2.75) is 38.1 Å². The molecule has 0 spiro atoms. The number of phenolic OH excluding ortho intramolecular Hbond substituents is 1. The van der Waals surface area contributed by atoms with E-state index in [1.807, 2.05) is 11.8 Å². The van der Waals surface area contributed by atoms with Crippen LogP contribution in [0.5, 0.6) is 5.75 Å². The van der Waals surface area contributed by atoms with Crippen molar-refractivity contribution < 1.29 is 14.3 Å². The Morgan fingerprint density at radius 1 is 1.52 bits per heavy atom. The van der Waals surface area contributed by atoms with Crippen molar-refractivity contribution in [3.8, 4) is 5.75 Å². The van der Waals surface area contributed by atoms with Crippen LogP contribution in [-0.2, 0) is 4.79 Å². The van der Waals surface area contributed by atoms with Gasteiger partial charge in [-0.25, -0.2) is 0 Å². The van der Waals surface area contributed by atoms with Crippen LogP contribution in [0.15, 0.2) is 22.6 Å². The third kappa shape index (κ3) is 2.11. The van der Waals surface area contributed by atoms with Crippen LogP contribution in [0.1, 0.15) is 32.6 Å². The highest BCUT2D eigenvalue weighted by Gasteiger charge is 2.44. The van der Waals surface area contributed by atoms with Crippen LogP contribution in [0.3, 0.4) is 0 Å². The van der Waals surface area contributed by atoms with Crippen molar-refractivity contribution in [1.29, 1.82) is 0 Å². The second kappa shape index (κ2) is 4.95. The molecule has 1 atom stereocenters. The summed E-state index contributed by atoms with van der Waals surface area (Å²) in [5.74, 6) is -0.213. The highest BCUT2D eigenvalue weighted by atomic mass is 16.4. The van der Waals surface area contributed by atoms with E-state index in [0.29, 0.717) is 36.5 Å². The molecule has 1 aliphatic heterocycles. The summed E-state index contributed by atoms with van der Waals surface area (Å²) in [6, 6.07) is 5.18. The number of aromatic nitrogens is 1. The maximum Gasteiger partial charge on any atom is 0.299 e. The molecule has 1 aromatic carbocycles. The smallest absolute Gasteiger partial charge is 0.299 e. The van der Waals surface area contributed by atoms with Gasteiger partial charge in [0.1, 0.15) is 16.8 Å². The molecule has 21 heavy (non-hydrogen) atoms. The Morgan fingerprint density at radius 3 is 3.05 bits per heavy atom. The highest BCUT2D eigenvalue weighted by Crippen LogP contribution is 2.36. The largest absolute Gasteiger partial charge is 0.508 e. The summed E-state index contributed by atoms with van der Waals surface area (Å²) in [7, 11) is 0. The van der Waals surface area contributed by atoms with Crippen LogP contribution in [0.25, 0.3) is 11.1 Å². The van der Waals surface area contributed by atoms with E-state index in [9.17, 15) is 9.90 Å². The first-order valence-corrected chi connectivity index (χ1v) is 7.24. The molecule has 2 aromatic rings. The number of amides is 1. The van der Waals surface area contributed by atoms with Crippen molar-refractivity contribution >= 4 is 23.0 Å². The number of anilines is 1. The maximum absolute atomic E-state index is 12.0. The summed E-state index contributed by atoms with van der Waals surface area (Å²) in [4.78, 5) is 18.4. The van der Waals surface area contributed by atoms with Gasteiger partial charge in [-0.2, -0.15) is 4.98 Å². The van der Waals surface area contributed by atoms with E-state index in [2.05, 4.69) is 4.98 Å². The van der Waals surface area contributed by atoms with Gasteiger partial charge in [0.05, 0.1) is 0 Å². The summed E-state index contributed by atoms with van der Waals surface area (Å²) in [5.41, 5.74) is 6.09. The van der Waals surface area contributed by atoms with Crippen LogP contribution in [0.2, 0.25) is 0 Å². The van der Waals surface area contributed by atoms with E-state index in [1.165, 1.54) is 6.07 Å². The molecule has 1 aromatic heterocycles. The third-order valence-corrected chi connectivity index (χ3v) is 4.37. The van der Waals surface area contributed by atoms with Crippen molar-refractivity contribution in [2.24, 2.45) is 5.73 Å². The molecule has 0 aliphatic carbocycles.